The van der Waals surface area contributed by atoms with Gasteiger partial charge in [0, 0.05) is 5.39 Å². The highest BCUT2D eigenvalue weighted by atomic mass is 127. The molecule has 0 saturated carbocycles. The van der Waals surface area contributed by atoms with Crippen molar-refractivity contribution in [2.75, 3.05) is 25.2 Å². The van der Waals surface area contributed by atoms with E-state index in [0.717, 1.165) is 25.6 Å². The number of hydrogen-bond donors (Lipinski definition) is 0. The molecule has 0 aromatic heterocycles. The second-order valence-electron chi connectivity index (χ2n) is 7.14. The van der Waals surface area contributed by atoms with Crippen LogP contribution < -0.4 is 14.4 Å². The summed E-state index contributed by atoms with van der Waals surface area (Å²) in [5.41, 5.74) is 1.52. The summed E-state index contributed by atoms with van der Waals surface area (Å²) >= 11 is 8.95. The fourth-order valence-electron chi connectivity index (χ4n) is 3.49. The molecule has 3 aromatic carbocycles. The Balaban J connectivity index is 1.67. The molecule has 9 heteroatoms. The van der Waals surface area contributed by atoms with E-state index in [4.69, 9.17) is 21.7 Å². The van der Waals surface area contributed by atoms with Gasteiger partial charge in [-0.1, -0.05) is 60.4 Å². The van der Waals surface area contributed by atoms with Gasteiger partial charge < -0.3 is 14.2 Å². The Morgan fingerprint density at radius 1 is 1.15 bits per heavy atom. The first-order chi connectivity index (χ1) is 16.4. The highest BCUT2D eigenvalue weighted by molar-refractivity contribution is 14.1. The molecule has 1 aliphatic rings. The number of thiocarbonyl (C=S) groups is 1. The van der Waals surface area contributed by atoms with Gasteiger partial charge in [-0.2, -0.15) is 0 Å². The van der Waals surface area contributed by atoms with Gasteiger partial charge in [0.05, 0.1) is 27.9 Å². The molecule has 0 unspecified atom stereocenters. The van der Waals surface area contributed by atoms with Crippen LogP contribution in [0.4, 0.5) is 5.69 Å². The predicted molar refractivity (Wildman–Crippen MR) is 147 cm³/mol. The van der Waals surface area contributed by atoms with Gasteiger partial charge in [-0.05, 0) is 64.7 Å². The summed E-state index contributed by atoms with van der Waals surface area (Å²) in [4.78, 5) is 27.0. The number of fused-ring (bicyclic) bond motifs is 1. The summed E-state index contributed by atoms with van der Waals surface area (Å²) < 4.78 is 17.2. The van der Waals surface area contributed by atoms with Crippen LogP contribution in [0, 0.1) is 3.57 Å². The average molecular weight is 605 g/mol. The molecule has 0 aliphatic carbocycles. The van der Waals surface area contributed by atoms with Gasteiger partial charge in [0.1, 0.15) is 0 Å². The number of thioether (sulfide) groups is 1. The number of halogens is 1. The highest BCUT2D eigenvalue weighted by Gasteiger charge is 2.34. The van der Waals surface area contributed by atoms with Crippen LogP contribution in [0.15, 0.2) is 59.5 Å². The lowest BCUT2D eigenvalue weighted by molar-refractivity contribution is -0.142. The Kier molecular flexibility index (Phi) is 7.74. The number of rotatable bonds is 7. The maximum absolute atomic E-state index is 13.4. The fraction of sp³-hybridized carbons (Fsp3) is 0.160. The molecule has 1 amide bonds. The standard InChI is InChI=1S/C25H20INO5S2/c1-3-31-20-12-15(11-18(26)23(20)32-14-22(28)30-2)13-21-24(29)27(25(33)34-21)19-10-6-8-16-7-4-5-9-17(16)19/h4-13H,3,14H2,1-2H3/b21-13-. The minimum absolute atomic E-state index is 0.176. The molecule has 0 spiro atoms. The molecule has 1 fully saturated rings. The molecule has 0 bridgehead atoms. The molecule has 6 nitrogen and oxygen atoms in total. The van der Waals surface area contributed by atoms with Crippen molar-refractivity contribution in [2.45, 2.75) is 6.92 Å². The molecule has 1 heterocycles. The second kappa shape index (κ2) is 10.7. The summed E-state index contributed by atoms with van der Waals surface area (Å²) in [6.45, 7) is 2.05. The van der Waals surface area contributed by atoms with Crippen molar-refractivity contribution < 1.29 is 23.8 Å². The zero-order valence-electron chi connectivity index (χ0n) is 18.4. The number of benzene rings is 3. The van der Waals surface area contributed by atoms with Gasteiger partial charge >= 0.3 is 5.97 Å². The monoisotopic (exact) mass is 605 g/mol. The van der Waals surface area contributed by atoms with E-state index in [0.29, 0.717) is 27.3 Å². The summed E-state index contributed by atoms with van der Waals surface area (Å²) in [7, 11) is 1.30. The molecule has 3 aromatic rings. The molecule has 1 saturated heterocycles. The zero-order valence-corrected chi connectivity index (χ0v) is 22.2. The minimum atomic E-state index is -0.487. The summed E-state index contributed by atoms with van der Waals surface area (Å²) in [5.74, 6) is 0.271. The lowest BCUT2D eigenvalue weighted by atomic mass is 10.1. The number of hydrogen-bond acceptors (Lipinski definition) is 7. The lowest BCUT2D eigenvalue weighted by Gasteiger charge is -2.17. The van der Waals surface area contributed by atoms with Gasteiger partial charge in [0.2, 0.25) is 0 Å². The highest BCUT2D eigenvalue weighted by Crippen LogP contribution is 2.40. The Labute approximate surface area is 220 Å². The molecule has 174 valence electrons. The van der Waals surface area contributed by atoms with Crippen LogP contribution in [-0.4, -0.2) is 36.5 Å². The fourth-order valence-corrected chi connectivity index (χ4v) is 5.56. The predicted octanol–water partition coefficient (Wildman–Crippen LogP) is 5.80. The summed E-state index contributed by atoms with van der Waals surface area (Å²) in [5, 5.41) is 2.00. The van der Waals surface area contributed by atoms with Crippen molar-refractivity contribution in [3.05, 3.63) is 68.6 Å². The Morgan fingerprint density at radius 3 is 2.68 bits per heavy atom. The zero-order chi connectivity index (χ0) is 24.2. The molecular formula is C25H20INO5S2. The van der Waals surface area contributed by atoms with Gasteiger partial charge in [-0.3, -0.25) is 9.69 Å². The minimum Gasteiger partial charge on any atom is -0.490 e. The van der Waals surface area contributed by atoms with Gasteiger partial charge in [-0.25, -0.2) is 4.79 Å². The second-order valence-corrected chi connectivity index (χ2v) is 9.98. The van der Waals surface area contributed by atoms with Crippen LogP contribution >= 0.6 is 46.6 Å². The van der Waals surface area contributed by atoms with Gasteiger partial charge in [0.25, 0.3) is 5.91 Å². The molecule has 0 radical (unpaired) electrons. The first-order valence-electron chi connectivity index (χ1n) is 10.3. The van der Waals surface area contributed by atoms with Crippen molar-refractivity contribution in [2.24, 2.45) is 0 Å². The van der Waals surface area contributed by atoms with Gasteiger partial charge in [-0.15, -0.1) is 0 Å². The average Bonchev–Trinajstić information content (AvgIpc) is 3.10. The Bertz CT molecular complexity index is 1320. The van der Waals surface area contributed by atoms with E-state index in [9.17, 15) is 9.59 Å². The Hall–Kier alpha value is -2.63. The number of ether oxygens (including phenoxy) is 3. The van der Waals surface area contributed by atoms with Crippen LogP contribution in [0.2, 0.25) is 0 Å². The number of esters is 1. The van der Waals surface area contributed by atoms with Crippen LogP contribution in [0.5, 0.6) is 11.5 Å². The maximum atomic E-state index is 13.4. The summed E-state index contributed by atoms with van der Waals surface area (Å²) in [6, 6.07) is 17.4. The largest absolute Gasteiger partial charge is 0.490 e. The third-order valence-electron chi connectivity index (χ3n) is 4.99. The van der Waals surface area contributed by atoms with Crippen molar-refractivity contribution in [1.29, 1.82) is 0 Å². The van der Waals surface area contributed by atoms with Gasteiger partial charge in [0.15, 0.2) is 22.4 Å². The molecule has 1 aliphatic heterocycles. The number of carbonyl (C=O) groups excluding carboxylic acids is 2. The van der Waals surface area contributed by atoms with Crippen LogP contribution in [0.3, 0.4) is 0 Å². The first kappa shape index (κ1) is 24.5. The maximum Gasteiger partial charge on any atom is 0.343 e. The van der Waals surface area contributed by atoms with E-state index < -0.39 is 5.97 Å². The molecular weight excluding hydrogens is 585 g/mol. The van der Waals surface area contributed by atoms with E-state index in [1.165, 1.54) is 18.9 Å². The van der Waals surface area contributed by atoms with E-state index in [1.54, 1.807) is 17.0 Å². The smallest absolute Gasteiger partial charge is 0.343 e. The van der Waals surface area contributed by atoms with Crippen LogP contribution in [0.25, 0.3) is 16.8 Å². The molecule has 34 heavy (non-hydrogen) atoms. The van der Waals surface area contributed by atoms with Crippen molar-refractivity contribution >= 4 is 85.3 Å². The van der Waals surface area contributed by atoms with Crippen LogP contribution in [-0.2, 0) is 14.3 Å². The van der Waals surface area contributed by atoms with Crippen molar-refractivity contribution in [1.82, 2.24) is 0 Å². The third-order valence-corrected chi connectivity index (χ3v) is 7.10. The number of anilines is 1. The summed E-state index contributed by atoms with van der Waals surface area (Å²) in [6.07, 6.45) is 1.79. The van der Waals surface area contributed by atoms with Crippen molar-refractivity contribution in [3.8, 4) is 11.5 Å². The number of nitrogens with zero attached hydrogens (tertiary/aromatic N) is 1. The van der Waals surface area contributed by atoms with Crippen LogP contribution in [0.1, 0.15) is 12.5 Å². The van der Waals surface area contributed by atoms with Crippen molar-refractivity contribution in [3.63, 3.8) is 0 Å². The number of methoxy groups -OCH3 is 1. The van der Waals surface area contributed by atoms with E-state index in [-0.39, 0.29) is 12.5 Å². The number of carbonyl (C=O) groups is 2. The van der Waals surface area contributed by atoms with E-state index >= 15 is 0 Å². The topological polar surface area (TPSA) is 65.1 Å². The normalized spacial score (nSPS) is 14.7. The SMILES string of the molecule is CCOc1cc(/C=C2\SC(=S)N(c3cccc4ccccc34)C2=O)cc(I)c1OCC(=O)OC. The molecule has 0 atom stereocenters. The Morgan fingerprint density at radius 2 is 1.91 bits per heavy atom. The molecule has 4 rings (SSSR count). The number of amides is 1. The molecule has 0 N–H and O–H groups in total. The first-order valence-corrected chi connectivity index (χ1v) is 12.6. The van der Waals surface area contributed by atoms with E-state index in [1.807, 2.05) is 55.5 Å². The third kappa shape index (κ3) is 5.06. The lowest BCUT2D eigenvalue weighted by Crippen LogP contribution is -2.27. The quantitative estimate of drug-likeness (QED) is 0.146. The van der Waals surface area contributed by atoms with E-state index in [2.05, 4.69) is 27.3 Å².